The first kappa shape index (κ1) is 25.3. The van der Waals surface area contributed by atoms with Crippen LogP contribution in [-0.2, 0) is 48.5 Å². The Kier molecular flexibility index (Phi) is 9.62. The van der Waals surface area contributed by atoms with Gasteiger partial charge < -0.3 is 23.5 Å². The minimum Gasteiger partial charge on any atom is -0.369 e. The molecular formula is C25H33O5PS. The van der Waals surface area contributed by atoms with Crippen molar-refractivity contribution < 1.29 is 23.5 Å². The van der Waals surface area contributed by atoms with Crippen molar-refractivity contribution in [2.75, 3.05) is 19.9 Å². The Bertz CT molecular complexity index is 872. The SMILES string of the molecule is C=CCO[C@@H]1[C@@H](OCc2ccccc2)[C@@H](OCc2ccccc2)C(OP(C)(C)=S)O[C@H]1C. The van der Waals surface area contributed by atoms with Crippen molar-refractivity contribution in [1.82, 2.24) is 0 Å². The third-order valence-electron chi connectivity index (χ3n) is 5.06. The molecule has 0 bridgehead atoms. The average Bonchev–Trinajstić information content (AvgIpc) is 2.77. The van der Waals surface area contributed by atoms with Gasteiger partial charge in [-0.05, 0) is 31.4 Å². The van der Waals surface area contributed by atoms with Gasteiger partial charge in [0.1, 0.15) is 18.3 Å². The highest BCUT2D eigenvalue weighted by Gasteiger charge is 2.48. The maximum atomic E-state index is 6.43. The van der Waals surface area contributed by atoms with Crippen LogP contribution in [0.3, 0.4) is 0 Å². The zero-order chi connectivity index (χ0) is 23.0. The highest BCUT2D eigenvalue weighted by molar-refractivity contribution is 8.11. The Labute approximate surface area is 196 Å². The summed E-state index contributed by atoms with van der Waals surface area (Å²) in [5.74, 6) is 0. The fourth-order valence-corrected chi connectivity index (χ4v) is 4.54. The van der Waals surface area contributed by atoms with E-state index in [2.05, 4.69) is 6.58 Å². The van der Waals surface area contributed by atoms with Gasteiger partial charge >= 0.3 is 0 Å². The van der Waals surface area contributed by atoms with Crippen LogP contribution >= 0.6 is 6.26 Å². The third-order valence-corrected chi connectivity index (χ3v) is 6.04. The van der Waals surface area contributed by atoms with Gasteiger partial charge in [-0.15, -0.1) is 6.58 Å². The van der Waals surface area contributed by atoms with Gasteiger partial charge in [0.25, 0.3) is 0 Å². The molecule has 5 nitrogen and oxygen atoms in total. The van der Waals surface area contributed by atoms with E-state index in [1.54, 1.807) is 6.08 Å². The molecule has 0 N–H and O–H groups in total. The number of ether oxygens (including phenoxy) is 4. The third kappa shape index (κ3) is 7.60. The summed E-state index contributed by atoms with van der Waals surface area (Å²) in [5, 5.41) is 0. The monoisotopic (exact) mass is 476 g/mol. The van der Waals surface area contributed by atoms with Gasteiger partial charge in [-0.25, -0.2) is 0 Å². The first-order valence-electron chi connectivity index (χ1n) is 10.8. The number of rotatable bonds is 11. The van der Waals surface area contributed by atoms with Crippen LogP contribution in [0.4, 0.5) is 0 Å². The van der Waals surface area contributed by atoms with Crippen LogP contribution in [0, 0.1) is 0 Å². The van der Waals surface area contributed by atoms with Crippen molar-refractivity contribution in [3.8, 4) is 0 Å². The predicted molar refractivity (Wildman–Crippen MR) is 132 cm³/mol. The van der Waals surface area contributed by atoms with E-state index in [4.69, 9.17) is 35.3 Å². The largest absolute Gasteiger partial charge is 0.369 e. The lowest BCUT2D eigenvalue weighted by Crippen LogP contribution is -2.59. The second kappa shape index (κ2) is 12.2. The Balaban J connectivity index is 1.86. The molecule has 0 aromatic heterocycles. The Morgan fingerprint density at radius 3 is 1.91 bits per heavy atom. The second-order valence-electron chi connectivity index (χ2n) is 8.18. The van der Waals surface area contributed by atoms with E-state index >= 15 is 0 Å². The quantitative estimate of drug-likeness (QED) is 0.330. The standard InChI is InChI=1S/C25H33O5PS/c1-5-16-26-22-19(2)29-25(30-31(3,4)32)24(28-18-21-14-10-7-11-15-21)23(22)27-17-20-12-8-6-9-13-20/h5-15,19,22-25H,1,16-18H2,2-4H3/t19-,22-,23+,24+,25?/m0/s1. The molecule has 7 heteroatoms. The van der Waals surface area contributed by atoms with E-state index in [0.29, 0.717) is 19.8 Å². The molecular weight excluding hydrogens is 443 g/mol. The topological polar surface area (TPSA) is 46.2 Å². The van der Waals surface area contributed by atoms with Gasteiger partial charge in [-0.2, -0.15) is 0 Å². The normalized spacial score (nSPS) is 26.0. The summed E-state index contributed by atoms with van der Waals surface area (Å²) < 4.78 is 31.3. The van der Waals surface area contributed by atoms with Gasteiger partial charge in [-0.3, -0.25) is 0 Å². The molecule has 3 rings (SSSR count). The molecule has 0 saturated carbocycles. The summed E-state index contributed by atoms with van der Waals surface area (Å²) >= 11 is 5.58. The van der Waals surface area contributed by atoms with E-state index in [-0.39, 0.29) is 12.2 Å². The molecule has 0 spiro atoms. The van der Waals surface area contributed by atoms with E-state index in [1.165, 1.54) is 0 Å². The zero-order valence-electron chi connectivity index (χ0n) is 19.0. The molecule has 1 unspecified atom stereocenters. The lowest BCUT2D eigenvalue weighted by atomic mass is 9.99. The zero-order valence-corrected chi connectivity index (χ0v) is 20.7. The van der Waals surface area contributed by atoms with Crippen LogP contribution in [0.1, 0.15) is 18.1 Å². The molecule has 2 aromatic carbocycles. The molecule has 5 atom stereocenters. The minimum atomic E-state index is -2.02. The molecule has 0 amide bonds. The molecule has 1 aliphatic rings. The Hall–Kier alpha value is -1.37. The van der Waals surface area contributed by atoms with E-state index in [1.807, 2.05) is 80.9 Å². The molecule has 1 heterocycles. The van der Waals surface area contributed by atoms with Crippen LogP contribution in [-0.4, -0.2) is 50.6 Å². The fraction of sp³-hybridized carbons (Fsp3) is 0.440. The van der Waals surface area contributed by atoms with Gasteiger partial charge in [0.05, 0.1) is 32.2 Å². The Morgan fingerprint density at radius 2 is 1.41 bits per heavy atom. The minimum absolute atomic E-state index is 0.265. The number of hydrogen-bond donors (Lipinski definition) is 0. The highest BCUT2D eigenvalue weighted by atomic mass is 32.4. The predicted octanol–water partition coefficient (Wildman–Crippen LogP) is 5.14. The lowest BCUT2D eigenvalue weighted by Gasteiger charge is -2.45. The van der Waals surface area contributed by atoms with Crippen molar-refractivity contribution in [1.29, 1.82) is 0 Å². The number of hydrogen-bond acceptors (Lipinski definition) is 6. The van der Waals surface area contributed by atoms with Crippen LogP contribution in [0.15, 0.2) is 73.3 Å². The van der Waals surface area contributed by atoms with E-state index < -0.39 is 24.8 Å². The van der Waals surface area contributed by atoms with Gasteiger partial charge in [0, 0.05) is 0 Å². The lowest BCUT2D eigenvalue weighted by molar-refractivity contribution is -0.296. The summed E-state index contributed by atoms with van der Waals surface area (Å²) in [4.78, 5) is 0. The van der Waals surface area contributed by atoms with Crippen LogP contribution in [0.2, 0.25) is 0 Å². The van der Waals surface area contributed by atoms with Crippen molar-refractivity contribution in [2.45, 2.75) is 50.8 Å². The van der Waals surface area contributed by atoms with Crippen LogP contribution in [0.5, 0.6) is 0 Å². The van der Waals surface area contributed by atoms with E-state index in [0.717, 1.165) is 11.1 Å². The van der Waals surface area contributed by atoms with Crippen molar-refractivity contribution >= 4 is 18.1 Å². The summed E-state index contributed by atoms with van der Waals surface area (Å²) in [6, 6.07) is 20.1. The summed E-state index contributed by atoms with van der Waals surface area (Å²) in [6.45, 7) is 10.8. The van der Waals surface area contributed by atoms with Crippen molar-refractivity contribution in [2.24, 2.45) is 0 Å². The van der Waals surface area contributed by atoms with Gasteiger partial charge in [0.2, 0.25) is 0 Å². The summed E-state index contributed by atoms with van der Waals surface area (Å²) in [5.41, 5.74) is 2.13. The maximum absolute atomic E-state index is 6.43. The molecule has 2 aromatic rings. The molecule has 0 radical (unpaired) electrons. The van der Waals surface area contributed by atoms with Gasteiger partial charge in [0.15, 0.2) is 6.29 Å². The first-order valence-corrected chi connectivity index (χ1v) is 14.4. The molecule has 0 aliphatic carbocycles. The molecule has 1 aliphatic heterocycles. The second-order valence-corrected chi connectivity index (χ2v) is 13.5. The summed E-state index contributed by atoms with van der Waals surface area (Å²) in [6.07, 6.45) is -2.46. The number of benzene rings is 2. The molecule has 174 valence electrons. The molecule has 32 heavy (non-hydrogen) atoms. The average molecular weight is 477 g/mol. The van der Waals surface area contributed by atoms with E-state index in [9.17, 15) is 0 Å². The molecule has 1 saturated heterocycles. The summed E-state index contributed by atoms with van der Waals surface area (Å²) in [7, 11) is 0. The smallest absolute Gasteiger partial charge is 0.191 e. The fourth-order valence-electron chi connectivity index (χ4n) is 3.62. The molecule has 1 fully saturated rings. The highest BCUT2D eigenvalue weighted by Crippen LogP contribution is 2.43. The maximum Gasteiger partial charge on any atom is 0.191 e. The Morgan fingerprint density at radius 1 is 0.875 bits per heavy atom. The van der Waals surface area contributed by atoms with Crippen LogP contribution in [0.25, 0.3) is 0 Å². The van der Waals surface area contributed by atoms with Crippen molar-refractivity contribution in [3.05, 3.63) is 84.4 Å². The van der Waals surface area contributed by atoms with Crippen LogP contribution < -0.4 is 0 Å². The van der Waals surface area contributed by atoms with Gasteiger partial charge in [-0.1, -0.05) is 78.5 Å². The first-order chi connectivity index (χ1) is 15.4. The van der Waals surface area contributed by atoms with Crippen molar-refractivity contribution in [3.63, 3.8) is 0 Å².